The second-order valence-corrected chi connectivity index (χ2v) is 4.11. The molecule has 2 amide bonds. The number of amides is 2. The third-order valence-corrected chi connectivity index (χ3v) is 2.77. The van der Waals surface area contributed by atoms with Gasteiger partial charge in [-0.1, -0.05) is 32.1 Å². The first-order chi connectivity index (χ1) is 7.26. The van der Waals surface area contributed by atoms with Gasteiger partial charge in [-0.25, -0.2) is 4.79 Å². The summed E-state index contributed by atoms with van der Waals surface area (Å²) in [6.45, 7) is 2.06. The minimum absolute atomic E-state index is 0.113. The normalized spacial score (nSPS) is 18.1. The highest BCUT2D eigenvalue weighted by Crippen LogP contribution is 2.17. The first kappa shape index (κ1) is 11.9. The minimum atomic E-state index is -0.128. The van der Waals surface area contributed by atoms with Crippen LogP contribution in [0.4, 0.5) is 4.79 Å². The lowest BCUT2D eigenvalue weighted by Crippen LogP contribution is -2.45. The monoisotopic (exact) mass is 208 g/mol. The highest BCUT2D eigenvalue weighted by Gasteiger charge is 2.17. The van der Waals surface area contributed by atoms with Crippen molar-refractivity contribution in [1.82, 2.24) is 10.6 Å². The van der Waals surface area contributed by atoms with Crippen LogP contribution in [-0.4, -0.2) is 18.1 Å². The predicted molar refractivity (Wildman–Crippen MR) is 61.5 cm³/mol. The van der Waals surface area contributed by atoms with E-state index in [2.05, 4.69) is 23.5 Å². The molecule has 0 aromatic heterocycles. The van der Waals surface area contributed by atoms with E-state index in [9.17, 15) is 4.79 Å². The van der Waals surface area contributed by atoms with Crippen molar-refractivity contribution in [2.45, 2.75) is 57.5 Å². The number of carbonyl (C=O) groups is 1. The molecule has 1 fully saturated rings. The molecule has 1 unspecified atom stereocenters. The van der Waals surface area contributed by atoms with Gasteiger partial charge in [0.1, 0.15) is 0 Å². The summed E-state index contributed by atoms with van der Waals surface area (Å²) in [6, 6.07) is 0.111. The summed E-state index contributed by atoms with van der Waals surface area (Å²) in [6.07, 6.45) is 11.8. The van der Waals surface area contributed by atoms with Crippen LogP contribution in [0.25, 0.3) is 0 Å². The molecule has 0 aromatic carbocycles. The van der Waals surface area contributed by atoms with Gasteiger partial charge in [0, 0.05) is 6.04 Å². The Morgan fingerprint density at radius 1 is 1.53 bits per heavy atom. The van der Waals surface area contributed by atoms with Crippen LogP contribution < -0.4 is 10.6 Å². The number of hydrogen-bond donors (Lipinski definition) is 2. The molecular weight excluding hydrogens is 188 g/mol. The maximum atomic E-state index is 11.5. The van der Waals surface area contributed by atoms with Crippen molar-refractivity contribution >= 4 is 6.03 Å². The topological polar surface area (TPSA) is 41.1 Å². The molecule has 3 heteroatoms. The molecule has 1 rings (SSSR count). The Morgan fingerprint density at radius 2 is 2.20 bits per heavy atom. The van der Waals surface area contributed by atoms with Crippen molar-refractivity contribution in [2.24, 2.45) is 0 Å². The van der Waals surface area contributed by atoms with E-state index >= 15 is 0 Å². The number of urea groups is 1. The third-order valence-electron chi connectivity index (χ3n) is 2.77. The van der Waals surface area contributed by atoms with E-state index in [0.717, 1.165) is 25.7 Å². The summed E-state index contributed by atoms with van der Waals surface area (Å²) >= 11 is 0. The number of terminal acetylenes is 1. The van der Waals surface area contributed by atoms with E-state index < -0.39 is 0 Å². The zero-order valence-electron chi connectivity index (χ0n) is 9.38. The van der Waals surface area contributed by atoms with Crippen molar-refractivity contribution in [1.29, 1.82) is 0 Å². The number of nitrogens with one attached hydrogen (secondary N) is 2. The fraction of sp³-hybridized carbons (Fsp3) is 0.750. The molecule has 0 spiro atoms. The average molecular weight is 208 g/mol. The first-order valence-electron chi connectivity index (χ1n) is 5.79. The molecule has 0 aliphatic heterocycles. The molecule has 2 N–H and O–H groups in total. The summed E-state index contributed by atoms with van der Waals surface area (Å²) in [7, 11) is 0. The molecule has 3 nitrogen and oxygen atoms in total. The first-order valence-corrected chi connectivity index (χ1v) is 5.79. The lowest BCUT2D eigenvalue weighted by molar-refractivity contribution is 0.235. The van der Waals surface area contributed by atoms with E-state index in [1.54, 1.807) is 0 Å². The summed E-state index contributed by atoms with van der Waals surface area (Å²) in [4.78, 5) is 11.5. The summed E-state index contributed by atoms with van der Waals surface area (Å²) < 4.78 is 0. The summed E-state index contributed by atoms with van der Waals surface area (Å²) in [5, 5.41) is 5.76. The van der Waals surface area contributed by atoms with Gasteiger partial charge in [-0.05, 0) is 19.3 Å². The van der Waals surface area contributed by atoms with Crippen LogP contribution >= 0.6 is 0 Å². The highest BCUT2D eigenvalue weighted by molar-refractivity contribution is 5.75. The zero-order chi connectivity index (χ0) is 11.1. The Balaban J connectivity index is 2.24. The van der Waals surface area contributed by atoms with E-state index in [0.29, 0.717) is 6.04 Å². The van der Waals surface area contributed by atoms with Crippen LogP contribution in [0, 0.1) is 12.3 Å². The maximum Gasteiger partial charge on any atom is 0.315 e. The second-order valence-electron chi connectivity index (χ2n) is 4.11. The zero-order valence-corrected chi connectivity index (χ0v) is 9.38. The van der Waals surface area contributed by atoms with E-state index in [1.807, 2.05) is 0 Å². The van der Waals surface area contributed by atoms with Gasteiger partial charge >= 0.3 is 6.03 Å². The Bertz CT molecular complexity index is 238. The number of carbonyl (C=O) groups excluding carboxylic acids is 1. The molecule has 0 bridgehead atoms. The van der Waals surface area contributed by atoms with E-state index in [1.165, 1.54) is 12.8 Å². The van der Waals surface area contributed by atoms with Gasteiger partial charge in [0.15, 0.2) is 0 Å². The molecule has 0 saturated heterocycles. The van der Waals surface area contributed by atoms with Gasteiger partial charge in [-0.15, -0.1) is 6.42 Å². The molecular formula is C12H20N2O. The molecule has 15 heavy (non-hydrogen) atoms. The maximum absolute atomic E-state index is 11.5. The minimum Gasteiger partial charge on any atom is -0.335 e. The van der Waals surface area contributed by atoms with Gasteiger partial charge in [0.05, 0.1) is 6.04 Å². The van der Waals surface area contributed by atoms with Crippen molar-refractivity contribution in [3.63, 3.8) is 0 Å². The number of hydrogen-bond acceptors (Lipinski definition) is 1. The fourth-order valence-corrected chi connectivity index (χ4v) is 1.94. The highest BCUT2D eigenvalue weighted by atomic mass is 16.2. The lowest BCUT2D eigenvalue weighted by atomic mass is 10.2. The van der Waals surface area contributed by atoms with Gasteiger partial charge in [0.2, 0.25) is 0 Å². The largest absolute Gasteiger partial charge is 0.335 e. The summed E-state index contributed by atoms with van der Waals surface area (Å²) in [5.41, 5.74) is 0. The Labute approximate surface area is 92.0 Å². The molecule has 1 aliphatic rings. The Kier molecular flexibility index (Phi) is 5.03. The van der Waals surface area contributed by atoms with Crippen molar-refractivity contribution in [2.75, 3.05) is 0 Å². The fourth-order valence-electron chi connectivity index (χ4n) is 1.94. The average Bonchev–Trinajstić information content (AvgIpc) is 2.69. The Hall–Kier alpha value is -1.17. The van der Waals surface area contributed by atoms with E-state index in [4.69, 9.17) is 6.42 Å². The quantitative estimate of drug-likeness (QED) is 0.682. The second kappa shape index (κ2) is 6.34. The molecule has 0 radical (unpaired) electrons. The molecule has 0 heterocycles. The van der Waals surface area contributed by atoms with Crippen molar-refractivity contribution in [3.05, 3.63) is 0 Å². The van der Waals surface area contributed by atoms with Crippen molar-refractivity contribution in [3.8, 4) is 12.3 Å². The van der Waals surface area contributed by atoms with Crippen LogP contribution in [-0.2, 0) is 0 Å². The van der Waals surface area contributed by atoms with Crippen LogP contribution in [0.2, 0.25) is 0 Å². The molecule has 1 aliphatic carbocycles. The molecule has 1 saturated carbocycles. The standard InChI is InChI=1S/C12H20N2O/c1-3-7-10(4-2)13-12(15)14-11-8-5-6-9-11/h2,10-11H,3,5-9H2,1H3,(H2,13,14,15). The van der Waals surface area contributed by atoms with E-state index in [-0.39, 0.29) is 12.1 Å². The van der Waals surface area contributed by atoms with Crippen LogP contribution in [0.3, 0.4) is 0 Å². The lowest BCUT2D eigenvalue weighted by Gasteiger charge is -2.16. The Morgan fingerprint density at radius 3 is 2.73 bits per heavy atom. The van der Waals surface area contributed by atoms with Crippen LogP contribution in [0.1, 0.15) is 45.4 Å². The van der Waals surface area contributed by atoms with Gasteiger partial charge in [-0.2, -0.15) is 0 Å². The SMILES string of the molecule is C#CC(CCC)NC(=O)NC1CCCC1. The van der Waals surface area contributed by atoms with Crippen molar-refractivity contribution < 1.29 is 4.79 Å². The van der Waals surface area contributed by atoms with Gasteiger partial charge in [-0.3, -0.25) is 0 Å². The summed E-state index contributed by atoms with van der Waals surface area (Å²) in [5.74, 6) is 2.59. The third kappa shape index (κ3) is 4.24. The van der Waals surface area contributed by atoms with Gasteiger partial charge < -0.3 is 10.6 Å². The van der Waals surface area contributed by atoms with Crippen LogP contribution in [0.15, 0.2) is 0 Å². The number of rotatable bonds is 4. The molecule has 84 valence electrons. The molecule has 1 atom stereocenters. The van der Waals surface area contributed by atoms with Crippen LogP contribution in [0.5, 0.6) is 0 Å². The smallest absolute Gasteiger partial charge is 0.315 e. The molecule has 0 aromatic rings. The van der Waals surface area contributed by atoms with Gasteiger partial charge in [0.25, 0.3) is 0 Å². The predicted octanol–water partition coefficient (Wildman–Crippen LogP) is 2.03.